The minimum atomic E-state index is -0.568. The van der Waals surface area contributed by atoms with Gasteiger partial charge in [-0.1, -0.05) is 12.1 Å². The van der Waals surface area contributed by atoms with Crippen molar-refractivity contribution in [3.05, 3.63) is 65.4 Å². The van der Waals surface area contributed by atoms with E-state index in [2.05, 4.69) is 10.3 Å². The Labute approximate surface area is 137 Å². The summed E-state index contributed by atoms with van der Waals surface area (Å²) < 4.78 is 0. The number of carbonyl (C=O) groups is 1. The molecule has 0 fully saturated rings. The third-order valence-electron chi connectivity index (χ3n) is 3.51. The van der Waals surface area contributed by atoms with Crippen LogP contribution in [0, 0.1) is 22.7 Å². The van der Waals surface area contributed by atoms with Crippen LogP contribution in [-0.4, -0.2) is 16.0 Å². The van der Waals surface area contributed by atoms with Gasteiger partial charge in [0.15, 0.2) is 5.75 Å². The molecule has 0 saturated carbocycles. The summed E-state index contributed by atoms with van der Waals surface area (Å²) in [5, 5.41) is 31.6. The van der Waals surface area contributed by atoms with Crippen molar-refractivity contribution in [2.75, 3.05) is 5.32 Å². The van der Waals surface area contributed by atoms with E-state index in [1.54, 1.807) is 18.2 Å². The van der Waals surface area contributed by atoms with Gasteiger partial charge >= 0.3 is 0 Å². The summed E-state index contributed by atoms with van der Waals surface area (Å²) in [6, 6.07) is 14.9. The van der Waals surface area contributed by atoms with Crippen LogP contribution in [0.15, 0.2) is 48.7 Å². The summed E-state index contributed by atoms with van der Waals surface area (Å²) >= 11 is 0. The van der Waals surface area contributed by atoms with Gasteiger partial charge in [0.2, 0.25) is 0 Å². The molecule has 0 spiro atoms. The smallest absolute Gasteiger partial charge is 0.259 e. The van der Waals surface area contributed by atoms with E-state index in [-0.39, 0.29) is 22.6 Å². The Hall–Kier alpha value is -3.90. The Morgan fingerprint density at radius 3 is 2.71 bits per heavy atom. The van der Waals surface area contributed by atoms with Gasteiger partial charge in [-0.25, -0.2) is 0 Å². The molecule has 6 heteroatoms. The van der Waals surface area contributed by atoms with Crippen LogP contribution in [0.2, 0.25) is 0 Å². The highest BCUT2D eigenvalue weighted by molar-refractivity contribution is 6.09. The SMILES string of the molecule is N#Cc1ccc(NC(=O)c2ccc3cccnc3c2O)c(C#N)c1. The van der Waals surface area contributed by atoms with Crippen LogP contribution in [0.4, 0.5) is 5.69 Å². The normalized spacial score (nSPS) is 9.92. The van der Waals surface area contributed by atoms with Gasteiger partial charge in [0, 0.05) is 11.6 Å². The Kier molecular flexibility index (Phi) is 3.80. The molecule has 1 aromatic heterocycles. The van der Waals surface area contributed by atoms with Crippen LogP contribution >= 0.6 is 0 Å². The first-order valence-corrected chi connectivity index (χ1v) is 6.96. The minimum Gasteiger partial charge on any atom is -0.505 e. The minimum absolute atomic E-state index is 0.0504. The second-order valence-corrected chi connectivity index (χ2v) is 4.97. The van der Waals surface area contributed by atoms with Gasteiger partial charge in [0.05, 0.1) is 28.4 Å². The molecule has 2 N–H and O–H groups in total. The topological polar surface area (TPSA) is 110 Å². The third-order valence-corrected chi connectivity index (χ3v) is 3.51. The highest BCUT2D eigenvalue weighted by atomic mass is 16.3. The number of phenolic OH excluding ortho intramolecular Hbond substituents is 1. The van der Waals surface area contributed by atoms with Crippen molar-refractivity contribution in [3.63, 3.8) is 0 Å². The molecule has 6 nitrogen and oxygen atoms in total. The van der Waals surface area contributed by atoms with E-state index < -0.39 is 5.91 Å². The standard InChI is InChI=1S/C18H10N4O2/c19-9-11-3-6-15(13(8-11)10-20)22-18(24)14-5-4-12-2-1-7-21-16(12)17(14)23/h1-8,23H,(H,22,24). The number of aromatic nitrogens is 1. The van der Waals surface area contributed by atoms with Crippen LogP contribution in [0.5, 0.6) is 5.75 Å². The van der Waals surface area contributed by atoms with Crippen molar-refractivity contribution >= 4 is 22.5 Å². The summed E-state index contributed by atoms with van der Waals surface area (Å²) in [5.41, 5.74) is 1.13. The lowest BCUT2D eigenvalue weighted by Gasteiger charge is -2.10. The maximum absolute atomic E-state index is 12.4. The zero-order valence-electron chi connectivity index (χ0n) is 12.3. The van der Waals surface area contributed by atoms with E-state index in [4.69, 9.17) is 10.5 Å². The number of hydrogen-bond donors (Lipinski definition) is 2. The number of carbonyl (C=O) groups excluding carboxylic acids is 1. The Morgan fingerprint density at radius 1 is 1.12 bits per heavy atom. The predicted octanol–water partition coefficient (Wildman–Crippen LogP) is 2.94. The third kappa shape index (κ3) is 2.60. The molecule has 0 radical (unpaired) electrons. The molecular weight excluding hydrogens is 304 g/mol. The lowest BCUT2D eigenvalue weighted by atomic mass is 10.1. The number of nitrogens with zero attached hydrogens (tertiary/aromatic N) is 3. The first-order valence-electron chi connectivity index (χ1n) is 6.96. The van der Waals surface area contributed by atoms with Crippen LogP contribution in [0.25, 0.3) is 10.9 Å². The maximum Gasteiger partial charge on any atom is 0.259 e. The van der Waals surface area contributed by atoms with Crippen molar-refractivity contribution in [2.24, 2.45) is 0 Å². The molecule has 24 heavy (non-hydrogen) atoms. The van der Waals surface area contributed by atoms with E-state index in [1.165, 1.54) is 30.5 Å². The van der Waals surface area contributed by atoms with Crippen LogP contribution in [0.1, 0.15) is 21.5 Å². The van der Waals surface area contributed by atoms with Crippen molar-refractivity contribution in [2.45, 2.75) is 0 Å². The highest BCUT2D eigenvalue weighted by Gasteiger charge is 2.16. The first kappa shape index (κ1) is 15.0. The number of benzene rings is 2. The number of rotatable bonds is 2. The van der Waals surface area contributed by atoms with Crippen LogP contribution in [-0.2, 0) is 0 Å². The summed E-state index contributed by atoms with van der Waals surface area (Å²) in [4.78, 5) is 16.5. The molecule has 0 aliphatic carbocycles. The molecule has 114 valence electrons. The number of phenols is 1. The second-order valence-electron chi connectivity index (χ2n) is 4.97. The number of pyridine rings is 1. The van der Waals surface area contributed by atoms with Gasteiger partial charge in [-0.15, -0.1) is 0 Å². The lowest BCUT2D eigenvalue weighted by molar-refractivity contribution is 0.102. The van der Waals surface area contributed by atoms with Gasteiger partial charge in [0.25, 0.3) is 5.91 Å². The molecule has 2 aromatic carbocycles. The van der Waals surface area contributed by atoms with Gasteiger partial charge in [0.1, 0.15) is 11.6 Å². The fourth-order valence-corrected chi connectivity index (χ4v) is 2.32. The van der Waals surface area contributed by atoms with E-state index in [0.29, 0.717) is 16.5 Å². The molecule has 3 aromatic rings. The van der Waals surface area contributed by atoms with Crippen molar-refractivity contribution in [1.29, 1.82) is 10.5 Å². The monoisotopic (exact) mass is 314 g/mol. The first-order chi connectivity index (χ1) is 11.6. The largest absolute Gasteiger partial charge is 0.505 e. The highest BCUT2D eigenvalue weighted by Crippen LogP contribution is 2.28. The zero-order valence-corrected chi connectivity index (χ0v) is 12.3. The average Bonchev–Trinajstić information content (AvgIpc) is 2.62. The number of fused-ring (bicyclic) bond motifs is 1. The molecule has 0 aliphatic heterocycles. The van der Waals surface area contributed by atoms with E-state index in [9.17, 15) is 9.90 Å². The number of amides is 1. The average molecular weight is 314 g/mol. The fraction of sp³-hybridized carbons (Fsp3) is 0. The summed E-state index contributed by atoms with van der Waals surface area (Å²) in [5.74, 6) is -0.793. The Bertz CT molecular complexity index is 1050. The van der Waals surface area contributed by atoms with Gasteiger partial charge in [-0.05, 0) is 30.3 Å². The Morgan fingerprint density at radius 2 is 1.96 bits per heavy atom. The van der Waals surface area contributed by atoms with Crippen LogP contribution in [0.3, 0.4) is 0 Å². The van der Waals surface area contributed by atoms with E-state index in [0.717, 1.165) is 0 Å². The summed E-state index contributed by atoms with van der Waals surface area (Å²) in [7, 11) is 0. The predicted molar refractivity (Wildman–Crippen MR) is 87.2 cm³/mol. The van der Waals surface area contributed by atoms with Crippen molar-refractivity contribution in [1.82, 2.24) is 4.98 Å². The lowest BCUT2D eigenvalue weighted by Crippen LogP contribution is -2.13. The molecule has 0 saturated heterocycles. The molecule has 3 rings (SSSR count). The number of nitriles is 2. The van der Waals surface area contributed by atoms with Gasteiger partial charge < -0.3 is 10.4 Å². The molecular formula is C18H10N4O2. The fourth-order valence-electron chi connectivity index (χ4n) is 2.32. The van der Waals surface area contributed by atoms with Crippen molar-refractivity contribution in [3.8, 4) is 17.9 Å². The van der Waals surface area contributed by atoms with Gasteiger partial charge in [-0.3, -0.25) is 9.78 Å². The summed E-state index contributed by atoms with van der Waals surface area (Å²) in [6.07, 6.45) is 1.53. The second kappa shape index (κ2) is 6.07. The number of anilines is 1. The van der Waals surface area contributed by atoms with Gasteiger partial charge in [-0.2, -0.15) is 10.5 Å². The molecule has 0 aliphatic rings. The van der Waals surface area contributed by atoms with E-state index in [1.807, 2.05) is 12.1 Å². The van der Waals surface area contributed by atoms with Crippen molar-refractivity contribution < 1.29 is 9.90 Å². The quantitative estimate of drug-likeness (QED) is 0.755. The molecule has 1 heterocycles. The zero-order chi connectivity index (χ0) is 17.1. The number of aromatic hydroxyl groups is 1. The summed E-state index contributed by atoms with van der Waals surface area (Å²) in [6.45, 7) is 0. The number of hydrogen-bond acceptors (Lipinski definition) is 5. The molecule has 1 amide bonds. The molecule has 0 bridgehead atoms. The van der Waals surface area contributed by atoms with Crippen LogP contribution < -0.4 is 5.32 Å². The maximum atomic E-state index is 12.4. The molecule has 0 atom stereocenters. The number of nitrogens with one attached hydrogen (secondary N) is 1. The molecule has 0 unspecified atom stereocenters. The Balaban J connectivity index is 1.98. The van der Waals surface area contributed by atoms with E-state index >= 15 is 0 Å².